The number of halogens is 1. The number of nitrogens with one attached hydrogen (secondary N) is 2. The summed E-state index contributed by atoms with van der Waals surface area (Å²) in [6.45, 7) is 7.95. The van der Waals surface area contributed by atoms with Gasteiger partial charge in [-0.2, -0.15) is 0 Å². The Hall–Kier alpha value is -1.84. The summed E-state index contributed by atoms with van der Waals surface area (Å²) in [4.78, 5) is 11.6. The van der Waals surface area contributed by atoms with Crippen LogP contribution in [0, 0.1) is 13.8 Å². The molecule has 0 unspecified atom stereocenters. The summed E-state index contributed by atoms with van der Waals surface area (Å²) in [5.41, 5.74) is 6.03. The Morgan fingerprint density at radius 3 is 2.33 bits per heavy atom. The molecular weight excluding hydrogens is 320 g/mol. The molecule has 0 saturated heterocycles. The molecule has 2 N–H and O–H groups in total. The lowest BCUT2D eigenvalue weighted by Gasteiger charge is -2.10. The number of amides is 1. The molecule has 0 saturated carbocycles. The number of rotatable bonds is 7. The van der Waals surface area contributed by atoms with Crippen molar-refractivity contribution in [1.29, 1.82) is 0 Å². The van der Waals surface area contributed by atoms with E-state index in [0.29, 0.717) is 6.42 Å². The topological polar surface area (TPSA) is 41.1 Å². The maximum absolute atomic E-state index is 11.6. The number of anilines is 1. The van der Waals surface area contributed by atoms with Crippen LogP contribution in [0.1, 0.15) is 42.0 Å². The number of hydrogen-bond acceptors (Lipinski definition) is 2. The Balaban J connectivity index is 0.00000288. The molecule has 2 aromatic carbocycles. The zero-order chi connectivity index (χ0) is 16.7. The Bertz CT molecular complexity index is 653. The Labute approximate surface area is 151 Å². The molecule has 3 nitrogen and oxygen atoms in total. The first-order chi connectivity index (χ1) is 11.1. The van der Waals surface area contributed by atoms with Gasteiger partial charge in [0, 0.05) is 25.2 Å². The number of hydrogen-bond donors (Lipinski definition) is 2. The summed E-state index contributed by atoms with van der Waals surface area (Å²) in [5, 5.41) is 6.38. The van der Waals surface area contributed by atoms with Crippen LogP contribution in [0.4, 0.5) is 5.69 Å². The lowest BCUT2D eigenvalue weighted by atomic mass is 10.1. The average molecular weight is 347 g/mol. The van der Waals surface area contributed by atoms with Crippen LogP contribution in [0.5, 0.6) is 0 Å². The highest BCUT2D eigenvalue weighted by molar-refractivity contribution is 5.90. The zero-order valence-corrected chi connectivity index (χ0v) is 15.5. The van der Waals surface area contributed by atoms with E-state index < -0.39 is 0 Å². The van der Waals surface area contributed by atoms with Crippen molar-refractivity contribution < 1.29 is 4.79 Å². The fourth-order valence-electron chi connectivity index (χ4n) is 2.54. The predicted octanol–water partition coefficient (Wildman–Crippen LogP) is 4.75. The number of carbonyl (C=O) groups is 1. The standard InChI is InChI=1S/C20H26N2O.ClH/c1-4-5-20(23)22-19-10-7-17(8-11-19)13-21-14-18-9-6-15(2)12-16(18)3;/h6-12,21H,4-5,13-14H2,1-3H3,(H,22,23);1H. The highest BCUT2D eigenvalue weighted by Crippen LogP contribution is 2.12. The number of carbonyl (C=O) groups excluding carboxylic acids is 1. The molecule has 0 atom stereocenters. The molecule has 1 amide bonds. The molecule has 4 heteroatoms. The van der Waals surface area contributed by atoms with Crippen molar-refractivity contribution in [3.8, 4) is 0 Å². The minimum Gasteiger partial charge on any atom is -0.326 e. The summed E-state index contributed by atoms with van der Waals surface area (Å²) in [6, 6.07) is 14.6. The van der Waals surface area contributed by atoms with Crippen molar-refractivity contribution in [2.45, 2.75) is 46.7 Å². The van der Waals surface area contributed by atoms with Crippen molar-refractivity contribution in [2.75, 3.05) is 5.32 Å². The molecule has 0 aromatic heterocycles. The van der Waals surface area contributed by atoms with E-state index in [-0.39, 0.29) is 18.3 Å². The largest absolute Gasteiger partial charge is 0.326 e. The second-order valence-electron chi connectivity index (χ2n) is 6.03. The van der Waals surface area contributed by atoms with E-state index in [9.17, 15) is 4.79 Å². The van der Waals surface area contributed by atoms with Crippen LogP contribution < -0.4 is 10.6 Å². The lowest BCUT2D eigenvalue weighted by Crippen LogP contribution is -2.14. The fourth-order valence-corrected chi connectivity index (χ4v) is 2.54. The molecule has 24 heavy (non-hydrogen) atoms. The molecule has 0 aliphatic heterocycles. The van der Waals surface area contributed by atoms with E-state index in [1.165, 1.54) is 22.3 Å². The second kappa shape index (κ2) is 10.1. The molecule has 2 aromatic rings. The first kappa shape index (κ1) is 20.2. The maximum Gasteiger partial charge on any atom is 0.224 e. The average Bonchev–Trinajstić information content (AvgIpc) is 2.51. The second-order valence-corrected chi connectivity index (χ2v) is 6.03. The highest BCUT2D eigenvalue weighted by Gasteiger charge is 2.01. The first-order valence-corrected chi connectivity index (χ1v) is 8.24. The minimum absolute atomic E-state index is 0. The molecule has 0 aliphatic rings. The van der Waals surface area contributed by atoms with Crippen molar-refractivity contribution >= 4 is 24.0 Å². The quantitative estimate of drug-likeness (QED) is 0.759. The summed E-state index contributed by atoms with van der Waals surface area (Å²) in [6.07, 6.45) is 1.44. The first-order valence-electron chi connectivity index (χ1n) is 8.24. The van der Waals surface area contributed by atoms with Gasteiger partial charge in [0.1, 0.15) is 0 Å². The molecule has 0 radical (unpaired) electrons. The minimum atomic E-state index is 0. The van der Waals surface area contributed by atoms with Crippen molar-refractivity contribution in [3.05, 3.63) is 64.7 Å². The monoisotopic (exact) mass is 346 g/mol. The van der Waals surface area contributed by atoms with E-state index in [1.54, 1.807) is 0 Å². The molecule has 2 rings (SSSR count). The van der Waals surface area contributed by atoms with Gasteiger partial charge in [0.05, 0.1) is 0 Å². The van der Waals surface area contributed by atoms with Crippen LogP contribution in [0.15, 0.2) is 42.5 Å². The third-order valence-corrected chi connectivity index (χ3v) is 3.86. The maximum atomic E-state index is 11.6. The molecule has 0 spiro atoms. The molecular formula is C20H27ClN2O. The van der Waals surface area contributed by atoms with Crippen molar-refractivity contribution in [3.63, 3.8) is 0 Å². The highest BCUT2D eigenvalue weighted by atomic mass is 35.5. The van der Waals surface area contributed by atoms with Gasteiger partial charge >= 0.3 is 0 Å². The van der Waals surface area contributed by atoms with Crippen LogP contribution in [0.25, 0.3) is 0 Å². The SMILES string of the molecule is CCCC(=O)Nc1ccc(CNCc2ccc(C)cc2C)cc1.Cl. The van der Waals surface area contributed by atoms with Gasteiger partial charge in [-0.05, 0) is 49.1 Å². The number of aryl methyl sites for hydroxylation is 2. The van der Waals surface area contributed by atoms with Gasteiger partial charge in [-0.3, -0.25) is 4.79 Å². The van der Waals surface area contributed by atoms with Crippen LogP contribution in [0.3, 0.4) is 0 Å². The van der Waals surface area contributed by atoms with E-state index in [0.717, 1.165) is 25.2 Å². The lowest BCUT2D eigenvalue weighted by molar-refractivity contribution is -0.116. The Kier molecular flexibility index (Phi) is 8.51. The van der Waals surface area contributed by atoms with Gasteiger partial charge in [-0.1, -0.05) is 42.8 Å². The summed E-state index contributed by atoms with van der Waals surface area (Å²) in [7, 11) is 0. The molecule has 0 fully saturated rings. The van der Waals surface area contributed by atoms with Crippen molar-refractivity contribution in [2.24, 2.45) is 0 Å². The molecule has 0 aliphatic carbocycles. The van der Waals surface area contributed by atoms with E-state index in [1.807, 2.05) is 19.1 Å². The smallest absolute Gasteiger partial charge is 0.224 e. The van der Waals surface area contributed by atoms with Crippen LogP contribution in [-0.2, 0) is 17.9 Å². The third kappa shape index (κ3) is 6.34. The van der Waals surface area contributed by atoms with Gasteiger partial charge in [0.15, 0.2) is 0 Å². The van der Waals surface area contributed by atoms with Gasteiger partial charge in [-0.25, -0.2) is 0 Å². The normalized spacial score (nSPS) is 10.1. The van der Waals surface area contributed by atoms with Gasteiger partial charge in [0.25, 0.3) is 0 Å². The fraction of sp³-hybridized carbons (Fsp3) is 0.350. The predicted molar refractivity (Wildman–Crippen MR) is 104 cm³/mol. The summed E-state index contributed by atoms with van der Waals surface area (Å²) >= 11 is 0. The zero-order valence-electron chi connectivity index (χ0n) is 14.7. The molecule has 0 heterocycles. The summed E-state index contributed by atoms with van der Waals surface area (Å²) < 4.78 is 0. The van der Waals surface area contributed by atoms with Gasteiger partial charge in [-0.15, -0.1) is 12.4 Å². The van der Waals surface area contributed by atoms with Gasteiger partial charge < -0.3 is 10.6 Å². The van der Waals surface area contributed by atoms with E-state index >= 15 is 0 Å². The Morgan fingerprint density at radius 2 is 1.71 bits per heavy atom. The van der Waals surface area contributed by atoms with Crippen LogP contribution in [0.2, 0.25) is 0 Å². The van der Waals surface area contributed by atoms with Gasteiger partial charge in [0.2, 0.25) is 5.91 Å². The van der Waals surface area contributed by atoms with Crippen LogP contribution in [-0.4, -0.2) is 5.91 Å². The number of benzene rings is 2. The van der Waals surface area contributed by atoms with E-state index in [4.69, 9.17) is 0 Å². The van der Waals surface area contributed by atoms with E-state index in [2.05, 4.69) is 54.8 Å². The Morgan fingerprint density at radius 1 is 1.00 bits per heavy atom. The summed E-state index contributed by atoms with van der Waals surface area (Å²) in [5.74, 6) is 0.0771. The molecule has 0 bridgehead atoms. The van der Waals surface area contributed by atoms with Crippen LogP contribution >= 0.6 is 12.4 Å². The van der Waals surface area contributed by atoms with Crippen molar-refractivity contribution in [1.82, 2.24) is 5.32 Å². The molecule has 130 valence electrons. The third-order valence-electron chi connectivity index (χ3n) is 3.86.